The molecule has 0 saturated heterocycles. The smallest absolute Gasteiger partial charge is 0.252 e. The molecule has 0 N–H and O–H groups in total. The van der Waals surface area contributed by atoms with Gasteiger partial charge in [0.25, 0.3) is 5.24 Å². The van der Waals surface area contributed by atoms with Crippen molar-refractivity contribution in [2.24, 2.45) is 0 Å². The van der Waals surface area contributed by atoms with Crippen molar-refractivity contribution in [2.75, 3.05) is 0 Å². The summed E-state index contributed by atoms with van der Waals surface area (Å²) in [5.74, 6) is 0.732. The number of hydrogen-bond acceptors (Lipinski definition) is 5. The second kappa shape index (κ2) is 12.9. The molecular weight excluding hydrogens is 536 g/mol. The van der Waals surface area contributed by atoms with E-state index in [0.717, 1.165) is 11.1 Å². The molecule has 0 bridgehead atoms. The molecule has 0 fully saturated rings. The Labute approximate surface area is 242 Å². The molecule has 0 heterocycles. The summed E-state index contributed by atoms with van der Waals surface area (Å²) in [6, 6.07) is 37.4. The maximum absolute atomic E-state index is 12.6. The Balaban J connectivity index is 1.22. The minimum Gasteiger partial charge on any atom is -0.489 e. The quantitative estimate of drug-likeness (QED) is 0.122. The molecule has 5 rings (SSSR count). The average molecular weight is 561 g/mol. The van der Waals surface area contributed by atoms with Gasteiger partial charge in [-0.2, -0.15) is 0 Å². The first kappa shape index (κ1) is 27.6. The summed E-state index contributed by atoms with van der Waals surface area (Å²) in [4.78, 5) is 37.2. The highest BCUT2D eigenvalue weighted by Crippen LogP contribution is 2.26. The van der Waals surface area contributed by atoms with E-state index >= 15 is 0 Å². The van der Waals surface area contributed by atoms with E-state index < -0.39 is 5.24 Å². The Kier molecular flexibility index (Phi) is 8.67. The molecule has 0 aliphatic carbocycles. The first-order valence-corrected chi connectivity index (χ1v) is 13.3. The standard InChI is InChI=1S/C35H25ClO5/c36-35(39)30-19-31(40-22-24-11-15-28(16-12-24)33(37)26-7-3-1-4-8-26)21-32(20-30)41-23-25-13-17-29(18-14-25)34(38)27-9-5-2-6-10-27/h1-21H,22-23H2. The van der Waals surface area contributed by atoms with E-state index in [9.17, 15) is 14.4 Å². The zero-order valence-corrected chi connectivity index (χ0v) is 22.7. The molecule has 5 nitrogen and oxygen atoms in total. The predicted octanol–water partition coefficient (Wildman–Crippen LogP) is 7.69. The number of benzene rings is 5. The lowest BCUT2D eigenvalue weighted by atomic mass is 10.0. The largest absolute Gasteiger partial charge is 0.489 e. The SMILES string of the molecule is O=C(Cl)c1cc(OCc2ccc(C(=O)c3ccccc3)cc2)cc(OCc2ccc(C(=O)c3ccccc3)cc2)c1. The molecule has 0 aliphatic heterocycles. The first-order chi connectivity index (χ1) is 20.0. The highest BCUT2D eigenvalue weighted by Gasteiger charge is 2.12. The lowest BCUT2D eigenvalue weighted by molar-refractivity contribution is 0.103. The van der Waals surface area contributed by atoms with Gasteiger partial charge in [-0.05, 0) is 34.9 Å². The molecule has 0 atom stereocenters. The number of rotatable bonds is 11. The van der Waals surface area contributed by atoms with E-state index in [1.807, 2.05) is 60.7 Å². The molecular formula is C35H25ClO5. The second-order valence-electron chi connectivity index (χ2n) is 9.33. The van der Waals surface area contributed by atoms with Crippen LogP contribution in [0.3, 0.4) is 0 Å². The summed E-state index contributed by atoms with van der Waals surface area (Å²) in [6.45, 7) is 0.437. The molecule has 6 heteroatoms. The number of ketones is 2. The molecule has 0 amide bonds. The Bertz CT molecular complexity index is 1550. The number of halogens is 1. The van der Waals surface area contributed by atoms with Crippen LogP contribution in [0.15, 0.2) is 127 Å². The minimum absolute atomic E-state index is 0.0504. The van der Waals surface area contributed by atoms with Crippen LogP contribution in [-0.4, -0.2) is 16.8 Å². The van der Waals surface area contributed by atoms with E-state index in [4.69, 9.17) is 21.1 Å². The summed E-state index contributed by atoms with van der Waals surface area (Å²) < 4.78 is 11.9. The third-order valence-electron chi connectivity index (χ3n) is 6.42. The highest BCUT2D eigenvalue weighted by molar-refractivity contribution is 6.67. The fraction of sp³-hybridized carbons (Fsp3) is 0.0571. The van der Waals surface area contributed by atoms with Gasteiger partial charge in [-0.15, -0.1) is 0 Å². The predicted molar refractivity (Wildman–Crippen MR) is 158 cm³/mol. The van der Waals surface area contributed by atoms with Crippen molar-refractivity contribution in [3.05, 3.63) is 166 Å². The fourth-order valence-corrected chi connectivity index (χ4v) is 4.31. The van der Waals surface area contributed by atoms with Gasteiger partial charge in [-0.1, -0.05) is 109 Å². The van der Waals surface area contributed by atoms with Crippen LogP contribution in [0.25, 0.3) is 0 Å². The van der Waals surface area contributed by atoms with Crippen LogP contribution >= 0.6 is 11.6 Å². The summed E-state index contributed by atoms with van der Waals surface area (Å²) in [5, 5.41) is -0.632. The summed E-state index contributed by atoms with van der Waals surface area (Å²) in [5.41, 5.74) is 4.37. The van der Waals surface area contributed by atoms with E-state index in [0.29, 0.717) is 33.8 Å². The van der Waals surface area contributed by atoms with Crippen LogP contribution in [0.2, 0.25) is 0 Å². The molecule has 0 radical (unpaired) electrons. The van der Waals surface area contributed by atoms with Gasteiger partial charge in [0.2, 0.25) is 0 Å². The molecule has 0 spiro atoms. The Morgan fingerprint density at radius 1 is 0.463 bits per heavy atom. The highest BCUT2D eigenvalue weighted by atomic mass is 35.5. The summed E-state index contributed by atoms with van der Waals surface area (Å²) in [7, 11) is 0. The first-order valence-electron chi connectivity index (χ1n) is 12.9. The number of carbonyl (C=O) groups excluding carboxylic acids is 3. The third kappa shape index (κ3) is 7.15. The molecule has 0 unspecified atom stereocenters. The zero-order valence-electron chi connectivity index (χ0n) is 22.0. The Morgan fingerprint density at radius 2 is 0.829 bits per heavy atom. The van der Waals surface area contributed by atoms with Gasteiger partial charge in [0.1, 0.15) is 24.7 Å². The summed E-state index contributed by atoms with van der Waals surface area (Å²) >= 11 is 5.76. The van der Waals surface area contributed by atoms with Crippen LogP contribution in [-0.2, 0) is 13.2 Å². The van der Waals surface area contributed by atoms with Crippen molar-refractivity contribution in [3.63, 3.8) is 0 Å². The van der Waals surface area contributed by atoms with Crippen LogP contribution in [0.4, 0.5) is 0 Å². The minimum atomic E-state index is -0.632. The van der Waals surface area contributed by atoms with Crippen molar-refractivity contribution in [3.8, 4) is 11.5 Å². The van der Waals surface area contributed by atoms with Gasteiger partial charge in [-0.25, -0.2) is 0 Å². The van der Waals surface area contributed by atoms with Crippen molar-refractivity contribution in [2.45, 2.75) is 13.2 Å². The van der Waals surface area contributed by atoms with Gasteiger partial charge >= 0.3 is 0 Å². The Morgan fingerprint density at radius 3 is 1.20 bits per heavy atom. The number of hydrogen-bond donors (Lipinski definition) is 0. The second-order valence-corrected chi connectivity index (χ2v) is 9.67. The van der Waals surface area contributed by atoms with Gasteiger partial charge in [0.15, 0.2) is 11.6 Å². The molecule has 0 aliphatic rings. The van der Waals surface area contributed by atoms with Crippen LogP contribution in [0, 0.1) is 0 Å². The monoisotopic (exact) mass is 560 g/mol. The molecule has 0 aromatic heterocycles. The van der Waals surface area contributed by atoms with E-state index in [2.05, 4.69) is 0 Å². The average Bonchev–Trinajstić information content (AvgIpc) is 3.03. The van der Waals surface area contributed by atoms with E-state index in [1.165, 1.54) is 0 Å². The Hall–Kier alpha value is -5.00. The third-order valence-corrected chi connectivity index (χ3v) is 6.64. The maximum Gasteiger partial charge on any atom is 0.252 e. The van der Waals surface area contributed by atoms with Gasteiger partial charge in [0.05, 0.1) is 0 Å². The van der Waals surface area contributed by atoms with Crippen LogP contribution in [0.1, 0.15) is 53.3 Å². The van der Waals surface area contributed by atoms with Crippen molar-refractivity contribution >= 4 is 28.4 Å². The molecule has 0 saturated carbocycles. The topological polar surface area (TPSA) is 69.7 Å². The van der Waals surface area contributed by atoms with E-state index in [-0.39, 0.29) is 30.3 Å². The van der Waals surface area contributed by atoms with Gasteiger partial charge in [0, 0.05) is 33.9 Å². The number of ether oxygens (including phenoxy) is 2. The fourth-order valence-electron chi connectivity index (χ4n) is 4.20. The lowest BCUT2D eigenvalue weighted by Gasteiger charge is -2.12. The van der Waals surface area contributed by atoms with Gasteiger partial charge in [-0.3, -0.25) is 14.4 Å². The van der Waals surface area contributed by atoms with Gasteiger partial charge < -0.3 is 9.47 Å². The molecule has 5 aromatic carbocycles. The zero-order chi connectivity index (χ0) is 28.6. The maximum atomic E-state index is 12.6. The molecule has 5 aromatic rings. The van der Waals surface area contributed by atoms with Crippen LogP contribution in [0.5, 0.6) is 11.5 Å². The molecule has 202 valence electrons. The van der Waals surface area contributed by atoms with Crippen molar-refractivity contribution < 1.29 is 23.9 Å². The normalized spacial score (nSPS) is 10.6. The number of carbonyl (C=O) groups is 3. The van der Waals surface area contributed by atoms with Crippen molar-refractivity contribution in [1.82, 2.24) is 0 Å². The lowest BCUT2D eigenvalue weighted by Crippen LogP contribution is -2.03. The molecule has 41 heavy (non-hydrogen) atoms. The summed E-state index contributed by atoms with van der Waals surface area (Å²) in [6.07, 6.45) is 0. The van der Waals surface area contributed by atoms with Crippen LogP contribution < -0.4 is 9.47 Å². The van der Waals surface area contributed by atoms with E-state index in [1.54, 1.807) is 66.7 Å². The van der Waals surface area contributed by atoms with Crippen molar-refractivity contribution in [1.29, 1.82) is 0 Å².